The van der Waals surface area contributed by atoms with Gasteiger partial charge in [-0.25, -0.2) is 9.48 Å². The highest BCUT2D eigenvalue weighted by molar-refractivity contribution is 5.93. The lowest BCUT2D eigenvalue weighted by Gasteiger charge is -2.34. The molecule has 1 aliphatic heterocycles. The van der Waals surface area contributed by atoms with E-state index in [2.05, 4.69) is 5.10 Å². The predicted molar refractivity (Wildman–Crippen MR) is 92.7 cm³/mol. The van der Waals surface area contributed by atoms with Gasteiger partial charge in [-0.05, 0) is 44.2 Å². The van der Waals surface area contributed by atoms with Crippen molar-refractivity contribution in [1.82, 2.24) is 14.7 Å². The number of carbonyl (C=O) groups is 2. The van der Waals surface area contributed by atoms with Gasteiger partial charge in [-0.1, -0.05) is 0 Å². The van der Waals surface area contributed by atoms with Gasteiger partial charge in [-0.3, -0.25) is 4.79 Å². The molecule has 1 aromatic carbocycles. The van der Waals surface area contributed by atoms with Crippen LogP contribution in [0.1, 0.15) is 23.1 Å². The second-order valence-corrected chi connectivity index (χ2v) is 6.26. The molecule has 2 atom stereocenters. The molecule has 0 bridgehead atoms. The van der Waals surface area contributed by atoms with Crippen molar-refractivity contribution in [2.75, 3.05) is 20.2 Å². The Labute approximate surface area is 150 Å². The molecule has 1 aliphatic rings. The van der Waals surface area contributed by atoms with Crippen molar-refractivity contribution in [1.29, 1.82) is 0 Å². The molecule has 138 valence electrons. The van der Waals surface area contributed by atoms with Gasteiger partial charge in [0.05, 0.1) is 25.4 Å². The van der Waals surface area contributed by atoms with Gasteiger partial charge in [0.1, 0.15) is 5.75 Å². The zero-order valence-corrected chi connectivity index (χ0v) is 14.9. The van der Waals surface area contributed by atoms with Crippen LogP contribution in [0.4, 0.5) is 0 Å². The lowest BCUT2D eigenvalue weighted by molar-refractivity contribution is -0.160. The number of carboxylic acids is 1. The van der Waals surface area contributed by atoms with E-state index in [-0.39, 0.29) is 24.2 Å². The van der Waals surface area contributed by atoms with Crippen molar-refractivity contribution in [2.24, 2.45) is 0 Å². The molecule has 1 unspecified atom stereocenters. The second kappa shape index (κ2) is 7.17. The van der Waals surface area contributed by atoms with E-state index in [1.54, 1.807) is 24.8 Å². The lowest BCUT2D eigenvalue weighted by Crippen LogP contribution is -2.51. The smallest absolute Gasteiger partial charge is 0.334 e. The van der Waals surface area contributed by atoms with Gasteiger partial charge in [-0.2, -0.15) is 5.10 Å². The Balaban J connectivity index is 1.83. The number of hydrogen-bond donors (Lipinski definition) is 1. The Morgan fingerprint density at radius 2 is 1.96 bits per heavy atom. The van der Waals surface area contributed by atoms with E-state index in [1.165, 1.54) is 4.90 Å². The third kappa shape index (κ3) is 3.55. The van der Waals surface area contributed by atoms with E-state index in [4.69, 9.17) is 9.47 Å². The molecule has 2 heterocycles. The lowest BCUT2D eigenvalue weighted by atomic mass is 10.2. The third-order valence-corrected chi connectivity index (χ3v) is 4.25. The molecule has 8 heteroatoms. The van der Waals surface area contributed by atoms with Crippen molar-refractivity contribution >= 4 is 11.9 Å². The van der Waals surface area contributed by atoms with Crippen LogP contribution >= 0.6 is 0 Å². The number of methoxy groups -OCH3 is 1. The summed E-state index contributed by atoms with van der Waals surface area (Å²) in [5.41, 5.74) is 1.88. The molecule has 0 saturated carbocycles. The SMILES string of the molecule is COc1ccc(-n2nc(C(=O)N3CC(C(=O)O)O[C@H](C)C3)cc2C)cc1. The summed E-state index contributed by atoms with van der Waals surface area (Å²) in [5, 5.41) is 13.6. The number of amides is 1. The van der Waals surface area contributed by atoms with Gasteiger partial charge in [0, 0.05) is 12.2 Å². The number of rotatable bonds is 4. The topological polar surface area (TPSA) is 93.9 Å². The van der Waals surface area contributed by atoms with Crippen LogP contribution in [0, 0.1) is 6.92 Å². The monoisotopic (exact) mass is 359 g/mol. The molecule has 0 spiro atoms. The predicted octanol–water partition coefficient (Wildman–Crippen LogP) is 1.50. The quantitative estimate of drug-likeness (QED) is 0.889. The first kappa shape index (κ1) is 17.9. The fourth-order valence-electron chi connectivity index (χ4n) is 2.98. The minimum absolute atomic E-state index is 0.00689. The average Bonchev–Trinajstić information content (AvgIpc) is 3.02. The van der Waals surface area contributed by atoms with Gasteiger partial charge in [0.15, 0.2) is 11.8 Å². The molecule has 2 aromatic rings. The van der Waals surface area contributed by atoms with Crippen LogP contribution in [0.5, 0.6) is 5.75 Å². The summed E-state index contributed by atoms with van der Waals surface area (Å²) in [7, 11) is 1.60. The van der Waals surface area contributed by atoms with Gasteiger partial charge < -0.3 is 19.5 Å². The molecule has 1 amide bonds. The van der Waals surface area contributed by atoms with Crippen molar-refractivity contribution in [3.63, 3.8) is 0 Å². The van der Waals surface area contributed by atoms with Gasteiger partial charge in [0.25, 0.3) is 5.91 Å². The highest BCUT2D eigenvalue weighted by Crippen LogP contribution is 2.19. The van der Waals surface area contributed by atoms with Gasteiger partial charge >= 0.3 is 5.97 Å². The van der Waals surface area contributed by atoms with Crippen molar-refractivity contribution in [3.05, 3.63) is 41.7 Å². The first-order valence-electron chi connectivity index (χ1n) is 8.27. The molecule has 1 fully saturated rings. The minimum Gasteiger partial charge on any atom is -0.497 e. The number of aryl methyl sites for hydroxylation is 1. The molecular formula is C18H21N3O5. The molecule has 8 nitrogen and oxygen atoms in total. The normalized spacial score (nSPS) is 20.0. The maximum Gasteiger partial charge on any atom is 0.334 e. The van der Waals surface area contributed by atoms with Crippen LogP contribution in [-0.4, -0.2) is 64.1 Å². The first-order valence-corrected chi connectivity index (χ1v) is 8.27. The van der Waals surface area contributed by atoms with Crippen LogP contribution in [0.3, 0.4) is 0 Å². The minimum atomic E-state index is -1.07. The molecule has 1 N–H and O–H groups in total. The fourth-order valence-corrected chi connectivity index (χ4v) is 2.98. The van der Waals surface area contributed by atoms with Crippen molar-refractivity contribution in [3.8, 4) is 11.4 Å². The number of hydrogen-bond acceptors (Lipinski definition) is 5. The summed E-state index contributed by atoms with van der Waals surface area (Å²) < 4.78 is 12.2. The first-order chi connectivity index (χ1) is 12.4. The summed E-state index contributed by atoms with van der Waals surface area (Å²) in [6, 6.07) is 9.04. The maximum absolute atomic E-state index is 12.8. The Kier molecular flexibility index (Phi) is 4.94. The van der Waals surface area contributed by atoms with Crippen LogP contribution in [0.15, 0.2) is 30.3 Å². The van der Waals surface area contributed by atoms with E-state index < -0.39 is 12.1 Å². The average molecular weight is 359 g/mol. The molecule has 26 heavy (non-hydrogen) atoms. The zero-order valence-electron chi connectivity index (χ0n) is 14.9. The number of carbonyl (C=O) groups excluding carboxylic acids is 1. The molecular weight excluding hydrogens is 338 g/mol. The van der Waals surface area contributed by atoms with Gasteiger partial charge in [0.2, 0.25) is 0 Å². The number of benzene rings is 1. The molecule has 1 aromatic heterocycles. The summed E-state index contributed by atoms with van der Waals surface area (Å²) in [4.78, 5) is 25.5. The maximum atomic E-state index is 12.8. The highest BCUT2D eigenvalue weighted by Gasteiger charge is 2.33. The van der Waals surface area contributed by atoms with E-state index >= 15 is 0 Å². The third-order valence-electron chi connectivity index (χ3n) is 4.25. The zero-order chi connectivity index (χ0) is 18.8. The Morgan fingerprint density at radius 1 is 1.27 bits per heavy atom. The van der Waals surface area contributed by atoms with E-state index in [0.717, 1.165) is 17.1 Å². The Bertz CT molecular complexity index is 815. The Hall–Kier alpha value is -2.87. The number of aliphatic carboxylic acids is 1. The molecule has 0 radical (unpaired) electrons. The number of carboxylic acid groups (broad SMARTS) is 1. The second-order valence-electron chi connectivity index (χ2n) is 6.26. The van der Waals surface area contributed by atoms with Crippen LogP contribution in [-0.2, 0) is 9.53 Å². The van der Waals surface area contributed by atoms with E-state index in [0.29, 0.717) is 6.54 Å². The van der Waals surface area contributed by atoms with Crippen LogP contribution in [0.2, 0.25) is 0 Å². The van der Waals surface area contributed by atoms with Crippen molar-refractivity contribution < 1.29 is 24.2 Å². The summed E-state index contributed by atoms with van der Waals surface area (Å²) in [6.45, 7) is 3.94. The summed E-state index contributed by atoms with van der Waals surface area (Å²) in [5.74, 6) is -0.645. The summed E-state index contributed by atoms with van der Waals surface area (Å²) in [6.07, 6.45) is -1.37. The fraction of sp³-hybridized carbons (Fsp3) is 0.389. The standard InChI is InChI=1S/C18H21N3O5/c1-11-8-15(19-21(11)13-4-6-14(25-3)7-5-13)17(22)20-9-12(2)26-16(10-20)18(23)24/h4-8,12,16H,9-10H2,1-3H3,(H,23,24)/t12-,16?/m1/s1. The van der Waals surface area contributed by atoms with Crippen molar-refractivity contribution in [2.45, 2.75) is 26.1 Å². The van der Waals surface area contributed by atoms with E-state index in [1.807, 2.05) is 31.2 Å². The number of nitrogens with zero attached hydrogens (tertiary/aromatic N) is 3. The number of ether oxygens (including phenoxy) is 2. The highest BCUT2D eigenvalue weighted by atomic mass is 16.5. The van der Waals surface area contributed by atoms with Crippen LogP contribution < -0.4 is 4.74 Å². The number of morpholine rings is 1. The largest absolute Gasteiger partial charge is 0.497 e. The summed E-state index contributed by atoms with van der Waals surface area (Å²) >= 11 is 0. The number of aromatic nitrogens is 2. The molecule has 1 saturated heterocycles. The van der Waals surface area contributed by atoms with E-state index in [9.17, 15) is 14.7 Å². The molecule has 0 aliphatic carbocycles. The Morgan fingerprint density at radius 3 is 2.58 bits per heavy atom. The molecule has 3 rings (SSSR count). The van der Waals surface area contributed by atoms with Crippen LogP contribution in [0.25, 0.3) is 5.69 Å². The van der Waals surface area contributed by atoms with Gasteiger partial charge in [-0.15, -0.1) is 0 Å².